The van der Waals surface area contributed by atoms with Crippen LogP contribution < -0.4 is 0 Å². The zero-order valence-corrected chi connectivity index (χ0v) is 13.9. The fraction of sp³-hybridized carbons (Fsp3) is 0.294. The van der Waals surface area contributed by atoms with Gasteiger partial charge in [-0.2, -0.15) is 0 Å². The third-order valence-corrected chi connectivity index (χ3v) is 5.19. The summed E-state index contributed by atoms with van der Waals surface area (Å²) in [6.07, 6.45) is 8.22. The average molecular weight is 339 g/mol. The summed E-state index contributed by atoms with van der Waals surface area (Å²) in [5.41, 5.74) is 1.57. The van der Waals surface area contributed by atoms with Gasteiger partial charge in [0.2, 0.25) is 0 Å². The van der Waals surface area contributed by atoms with E-state index in [0.717, 1.165) is 36.5 Å². The van der Waals surface area contributed by atoms with Gasteiger partial charge in [-0.25, -0.2) is 4.98 Å². The molecule has 6 nitrogen and oxygen atoms in total. The molecule has 1 amide bonds. The monoisotopic (exact) mass is 339 g/mol. The van der Waals surface area contributed by atoms with E-state index in [9.17, 15) is 4.79 Å². The number of piperidine rings is 1. The molecule has 0 bridgehead atoms. The van der Waals surface area contributed by atoms with Gasteiger partial charge >= 0.3 is 0 Å². The van der Waals surface area contributed by atoms with Crippen LogP contribution >= 0.6 is 11.3 Å². The van der Waals surface area contributed by atoms with Crippen molar-refractivity contribution >= 4 is 17.2 Å². The molecule has 4 rings (SSSR count). The largest absolute Gasteiger partial charge is 0.329 e. The first kappa shape index (κ1) is 15.0. The van der Waals surface area contributed by atoms with Crippen LogP contribution in [0.4, 0.5) is 0 Å². The minimum absolute atomic E-state index is 0.0600. The molecule has 3 heterocycles. The van der Waals surface area contributed by atoms with Crippen LogP contribution in [0.5, 0.6) is 0 Å². The molecular formula is C17H17N5OS. The fourth-order valence-electron chi connectivity index (χ4n) is 3.13. The zero-order valence-electron chi connectivity index (χ0n) is 13.1. The third-order valence-electron chi connectivity index (χ3n) is 4.31. The molecule has 0 N–H and O–H groups in total. The van der Waals surface area contributed by atoms with Crippen LogP contribution in [0.1, 0.15) is 40.7 Å². The van der Waals surface area contributed by atoms with Crippen molar-refractivity contribution < 1.29 is 4.79 Å². The van der Waals surface area contributed by atoms with E-state index in [1.807, 2.05) is 40.7 Å². The van der Waals surface area contributed by atoms with Crippen molar-refractivity contribution in [3.8, 4) is 5.69 Å². The van der Waals surface area contributed by atoms with Crippen molar-refractivity contribution in [1.82, 2.24) is 24.6 Å². The standard InChI is InChI=1S/C17H17N5OS/c23-17(13-4-3-5-14(10-13)21-11-19-20-12-21)22-8-2-1-6-15(22)16-18-7-9-24-16/h3-5,7,9-12,15H,1-2,6,8H2. The summed E-state index contributed by atoms with van der Waals surface area (Å²) in [5, 5.41) is 10.6. The van der Waals surface area contributed by atoms with E-state index < -0.39 is 0 Å². The van der Waals surface area contributed by atoms with Crippen LogP contribution in [-0.2, 0) is 0 Å². The maximum atomic E-state index is 13.1. The Morgan fingerprint density at radius 2 is 2.08 bits per heavy atom. The highest BCUT2D eigenvalue weighted by atomic mass is 32.1. The molecule has 1 aromatic carbocycles. The normalized spacial score (nSPS) is 17.8. The first-order valence-electron chi connectivity index (χ1n) is 7.98. The number of thiazole rings is 1. The van der Waals surface area contributed by atoms with Crippen molar-refractivity contribution in [3.63, 3.8) is 0 Å². The lowest BCUT2D eigenvalue weighted by molar-refractivity contribution is 0.0611. The number of amides is 1. The molecule has 0 aliphatic carbocycles. The topological polar surface area (TPSA) is 63.9 Å². The predicted molar refractivity (Wildman–Crippen MR) is 91.1 cm³/mol. The fourth-order valence-corrected chi connectivity index (χ4v) is 3.91. The Morgan fingerprint density at radius 3 is 2.88 bits per heavy atom. The summed E-state index contributed by atoms with van der Waals surface area (Å²) in [6.45, 7) is 0.778. The Bertz CT molecular complexity index is 815. The molecule has 1 aliphatic heterocycles. The highest BCUT2D eigenvalue weighted by molar-refractivity contribution is 7.09. The van der Waals surface area contributed by atoms with Gasteiger partial charge in [-0.05, 0) is 37.5 Å². The van der Waals surface area contributed by atoms with Crippen molar-refractivity contribution in [2.45, 2.75) is 25.3 Å². The Kier molecular flexibility index (Phi) is 4.08. The van der Waals surface area contributed by atoms with Crippen LogP contribution in [0.25, 0.3) is 5.69 Å². The van der Waals surface area contributed by atoms with Crippen LogP contribution in [0.3, 0.4) is 0 Å². The van der Waals surface area contributed by atoms with Crippen molar-refractivity contribution in [2.75, 3.05) is 6.54 Å². The van der Waals surface area contributed by atoms with E-state index in [1.54, 1.807) is 28.6 Å². The zero-order chi connectivity index (χ0) is 16.4. The van der Waals surface area contributed by atoms with E-state index in [0.29, 0.717) is 5.56 Å². The van der Waals surface area contributed by atoms with Gasteiger partial charge in [-0.3, -0.25) is 9.36 Å². The summed E-state index contributed by atoms with van der Waals surface area (Å²) in [4.78, 5) is 19.5. The number of carbonyl (C=O) groups excluding carboxylic acids is 1. The van der Waals surface area contributed by atoms with Gasteiger partial charge in [0.15, 0.2) is 0 Å². The second-order valence-electron chi connectivity index (χ2n) is 5.80. The Morgan fingerprint density at radius 1 is 1.21 bits per heavy atom. The van der Waals surface area contributed by atoms with Gasteiger partial charge in [-0.1, -0.05) is 6.07 Å². The number of hydrogen-bond acceptors (Lipinski definition) is 5. The molecular weight excluding hydrogens is 322 g/mol. The molecule has 1 saturated heterocycles. The molecule has 0 spiro atoms. The van der Waals surface area contributed by atoms with Gasteiger partial charge in [-0.15, -0.1) is 21.5 Å². The van der Waals surface area contributed by atoms with E-state index in [1.165, 1.54) is 0 Å². The summed E-state index contributed by atoms with van der Waals surface area (Å²) >= 11 is 1.62. The van der Waals surface area contributed by atoms with Gasteiger partial charge in [0, 0.05) is 29.4 Å². The van der Waals surface area contributed by atoms with Gasteiger partial charge in [0.25, 0.3) is 5.91 Å². The molecule has 1 unspecified atom stereocenters. The van der Waals surface area contributed by atoms with E-state index >= 15 is 0 Å². The summed E-state index contributed by atoms with van der Waals surface area (Å²) in [7, 11) is 0. The lowest BCUT2D eigenvalue weighted by atomic mass is 10.0. The average Bonchev–Trinajstić information content (AvgIpc) is 3.35. The smallest absolute Gasteiger partial charge is 0.254 e. The molecule has 24 heavy (non-hydrogen) atoms. The molecule has 1 fully saturated rings. The van der Waals surface area contributed by atoms with Crippen molar-refractivity contribution in [3.05, 3.63) is 59.1 Å². The van der Waals surface area contributed by atoms with Crippen molar-refractivity contribution in [2.24, 2.45) is 0 Å². The number of rotatable bonds is 3. The van der Waals surface area contributed by atoms with Gasteiger partial charge in [0.05, 0.1) is 6.04 Å². The van der Waals surface area contributed by atoms with Crippen molar-refractivity contribution in [1.29, 1.82) is 0 Å². The quantitative estimate of drug-likeness (QED) is 0.735. The maximum Gasteiger partial charge on any atom is 0.254 e. The first-order valence-corrected chi connectivity index (χ1v) is 8.86. The first-order chi connectivity index (χ1) is 11.8. The number of benzene rings is 1. The molecule has 3 aromatic rings. The Balaban J connectivity index is 1.63. The summed E-state index contributed by atoms with van der Waals surface area (Å²) in [5.74, 6) is 0.0600. The molecule has 7 heteroatoms. The molecule has 2 aromatic heterocycles. The Hall–Kier alpha value is -2.54. The highest BCUT2D eigenvalue weighted by Crippen LogP contribution is 2.33. The second kappa shape index (κ2) is 6.52. The minimum atomic E-state index is 0.0600. The van der Waals surface area contributed by atoms with E-state index in [4.69, 9.17) is 0 Å². The van der Waals surface area contributed by atoms with Crippen LogP contribution in [0.15, 0.2) is 48.5 Å². The SMILES string of the molecule is O=C(c1cccc(-n2cnnc2)c1)N1CCCCC1c1nccs1. The van der Waals surface area contributed by atoms with E-state index in [2.05, 4.69) is 15.2 Å². The molecule has 1 atom stereocenters. The van der Waals surface area contributed by atoms with E-state index in [-0.39, 0.29) is 11.9 Å². The van der Waals surface area contributed by atoms with Gasteiger partial charge in [0.1, 0.15) is 17.7 Å². The molecule has 122 valence electrons. The number of likely N-dealkylation sites (tertiary alicyclic amines) is 1. The number of nitrogens with zero attached hydrogens (tertiary/aromatic N) is 5. The number of carbonyl (C=O) groups is 1. The minimum Gasteiger partial charge on any atom is -0.329 e. The highest BCUT2D eigenvalue weighted by Gasteiger charge is 2.30. The maximum absolute atomic E-state index is 13.1. The second-order valence-corrected chi connectivity index (χ2v) is 6.73. The number of hydrogen-bond donors (Lipinski definition) is 0. The molecule has 0 saturated carbocycles. The van der Waals surface area contributed by atoms with Crippen LogP contribution in [-0.4, -0.2) is 37.1 Å². The number of aromatic nitrogens is 4. The summed E-state index contributed by atoms with van der Waals surface area (Å²) < 4.78 is 1.80. The Labute approximate surface area is 143 Å². The lowest BCUT2D eigenvalue weighted by Gasteiger charge is -2.34. The summed E-state index contributed by atoms with van der Waals surface area (Å²) in [6, 6.07) is 7.67. The lowest BCUT2D eigenvalue weighted by Crippen LogP contribution is -2.38. The molecule has 1 aliphatic rings. The van der Waals surface area contributed by atoms with Crippen LogP contribution in [0, 0.1) is 0 Å². The van der Waals surface area contributed by atoms with Gasteiger partial charge < -0.3 is 4.90 Å². The predicted octanol–water partition coefficient (Wildman–Crippen LogP) is 3.09. The third kappa shape index (κ3) is 2.82. The van der Waals surface area contributed by atoms with Crippen LogP contribution in [0.2, 0.25) is 0 Å². The molecule has 0 radical (unpaired) electrons.